The number of imidazole rings is 1. The Kier molecular flexibility index (Phi) is 4.02. The van der Waals surface area contributed by atoms with Gasteiger partial charge in [-0.15, -0.1) is 0 Å². The van der Waals surface area contributed by atoms with Crippen LogP contribution < -0.4 is 5.73 Å². The van der Waals surface area contributed by atoms with E-state index in [1.165, 1.54) is 6.26 Å². The molecule has 2 aromatic rings. The number of fused-ring (bicyclic) bond motifs is 1. The Morgan fingerprint density at radius 1 is 1.29 bits per heavy atom. The smallest absolute Gasteiger partial charge is 0.147 e. The summed E-state index contributed by atoms with van der Waals surface area (Å²) in [5.41, 5.74) is 8.26. The van der Waals surface area contributed by atoms with E-state index < -0.39 is 9.84 Å². The van der Waals surface area contributed by atoms with Crippen LogP contribution in [0, 0.1) is 0 Å². The van der Waals surface area contributed by atoms with Crippen LogP contribution in [0.5, 0.6) is 0 Å². The van der Waals surface area contributed by atoms with Crippen molar-refractivity contribution in [3.8, 4) is 0 Å². The third-order valence-electron chi connectivity index (χ3n) is 3.34. The molecule has 2 rings (SSSR count). The molecule has 0 spiro atoms. The number of hydrogen-bond acceptors (Lipinski definition) is 4. The zero-order chi connectivity index (χ0) is 15.8. The van der Waals surface area contributed by atoms with Crippen LogP contribution in [0.3, 0.4) is 0 Å². The zero-order valence-corrected chi connectivity index (χ0v) is 13.9. The number of aryl methyl sites for hydroxylation is 1. The van der Waals surface area contributed by atoms with E-state index in [1.54, 1.807) is 0 Å². The molecule has 2 N–H and O–H groups in total. The highest BCUT2D eigenvalue weighted by molar-refractivity contribution is 7.90. The predicted octanol–water partition coefficient (Wildman–Crippen LogP) is 2.35. The minimum atomic E-state index is -2.94. The normalized spacial score (nSPS) is 13.0. The molecule has 0 aliphatic carbocycles. The second kappa shape index (κ2) is 5.33. The van der Waals surface area contributed by atoms with Crippen molar-refractivity contribution in [1.82, 2.24) is 9.55 Å². The second-order valence-electron chi connectivity index (χ2n) is 6.57. The van der Waals surface area contributed by atoms with Gasteiger partial charge in [0.25, 0.3) is 0 Å². The monoisotopic (exact) mass is 309 g/mol. The molecule has 0 saturated heterocycles. The molecule has 6 heteroatoms. The van der Waals surface area contributed by atoms with E-state index in [0.29, 0.717) is 18.7 Å². The third kappa shape index (κ3) is 3.75. The Morgan fingerprint density at radius 2 is 1.95 bits per heavy atom. The van der Waals surface area contributed by atoms with Gasteiger partial charge in [-0.2, -0.15) is 0 Å². The molecule has 5 nitrogen and oxygen atoms in total. The van der Waals surface area contributed by atoms with Gasteiger partial charge in [-0.1, -0.05) is 20.8 Å². The van der Waals surface area contributed by atoms with Gasteiger partial charge in [-0.3, -0.25) is 0 Å². The molecule has 0 fully saturated rings. The van der Waals surface area contributed by atoms with Gasteiger partial charge in [0.2, 0.25) is 0 Å². The predicted molar refractivity (Wildman–Crippen MR) is 87.2 cm³/mol. The first-order valence-corrected chi connectivity index (χ1v) is 9.08. The molecule has 0 saturated carbocycles. The van der Waals surface area contributed by atoms with E-state index >= 15 is 0 Å². The Labute approximate surface area is 126 Å². The minimum absolute atomic E-state index is 0.112. The number of aromatic nitrogens is 2. The summed E-state index contributed by atoms with van der Waals surface area (Å²) < 4.78 is 24.7. The van der Waals surface area contributed by atoms with Gasteiger partial charge in [0.15, 0.2) is 0 Å². The van der Waals surface area contributed by atoms with Gasteiger partial charge < -0.3 is 10.3 Å². The van der Waals surface area contributed by atoms with Crippen molar-refractivity contribution in [2.45, 2.75) is 39.2 Å². The number of nitrogens with zero attached hydrogens (tertiary/aromatic N) is 2. The van der Waals surface area contributed by atoms with Gasteiger partial charge >= 0.3 is 0 Å². The van der Waals surface area contributed by atoms with Gasteiger partial charge in [0.1, 0.15) is 15.7 Å². The van der Waals surface area contributed by atoms with E-state index in [9.17, 15) is 8.42 Å². The van der Waals surface area contributed by atoms with E-state index in [2.05, 4.69) is 25.3 Å². The first kappa shape index (κ1) is 15.8. The fraction of sp³-hybridized carbons (Fsp3) is 0.533. The quantitative estimate of drug-likeness (QED) is 0.879. The maximum absolute atomic E-state index is 11.3. The number of nitrogens with two attached hydrogens (primary N) is 1. The standard InChI is InChI=1S/C15H23N3O2S/c1-15(2,3)14-17-12-10-11(16)6-7-13(12)18(14)8-5-9-21(4,19)20/h6-7,10H,5,8-9,16H2,1-4H3. The molecule has 0 aliphatic rings. The zero-order valence-electron chi connectivity index (χ0n) is 13.0. The number of rotatable bonds is 4. The number of nitrogen functional groups attached to an aromatic ring is 1. The lowest BCUT2D eigenvalue weighted by Gasteiger charge is -2.20. The van der Waals surface area contributed by atoms with Gasteiger partial charge in [0, 0.05) is 23.9 Å². The molecular formula is C15H23N3O2S. The van der Waals surface area contributed by atoms with E-state index in [1.807, 2.05) is 18.2 Å². The van der Waals surface area contributed by atoms with Crippen molar-refractivity contribution < 1.29 is 8.42 Å². The molecule has 0 unspecified atom stereocenters. The lowest BCUT2D eigenvalue weighted by atomic mass is 9.95. The fourth-order valence-electron chi connectivity index (χ4n) is 2.43. The lowest BCUT2D eigenvalue weighted by molar-refractivity contribution is 0.500. The molecule has 1 heterocycles. The largest absolute Gasteiger partial charge is 0.399 e. The number of anilines is 1. The summed E-state index contributed by atoms with van der Waals surface area (Å²) >= 11 is 0. The fourth-order valence-corrected chi connectivity index (χ4v) is 3.08. The van der Waals surface area contributed by atoms with E-state index in [0.717, 1.165) is 16.9 Å². The van der Waals surface area contributed by atoms with Crippen molar-refractivity contribution in [1.29, 1.82) is 0 Å². The molecule has 116 valence electrons. The molecule has 1 aromatic heterocycles. The topological polar surface area (TPSA) is 78.0 Å². The van der Waals surface area contributed by atoms with Crippen molar-refractivity contribution in [3.63, 3.8) is 0 Å². The van der Waals surface area contributed by atoms with Crippen LogP contribution in [0.2, 0.25) is 0 Å². The molecule has 0 atom stereocenters. The summed E-state index contributed by atoms with van der Waals surface area (Å²) in [4.78, 5) is 4.69. The first-order chi connectivity index (χ1) is 9.58. The van der Waals surface area contributed by atoms with Crippen molar-refractivity contribution in [2.24, 2.45) is 0 Å². The SMILES string of the molecule is CC(C)(C)c1nc2cc(N)ccc2n1CCCS(C)(=O)=O. The highest BCUT2D eigenvalue weighted by atomic mass is 32.2. The average molecular weight is 309 g/mol. The molecule has 0 radical (unpaired) electrons. The summed E-state index contributed by atoms with van der Waals surface area (Å²) in [6.45, 7) is 6.94. The third-order valence-corrected chi connectivity index (χ3v) is 4.37. The molecular weight excluding hydrogens is 286 g/mol. The first-order valence-electron chi connectivity index (χ1n) is 7.02. The summed E-state index contributed by atoms with van der Waals surface area (Å²) in [6.07, 6.45) is 1.85. The van der Waals surface area contributed by atoms with Crippen LogP contribution in [0.15, 0.2) is 18.2 Å². The Hall–Kier alpha value is -1.56. The van der Waals surface area contributed by atoms with E-state index in [4.69, 9.17) is 10.7 Å². The van der Waals surface area contributed by atoms with Crippen LogP contribution in [0.1, 0.15) is 33.0 Å². The van der Waals surface area contributed by atoms with Crippen molar-refractivity contribution in [2.75, 3.05) is 17.7 Å². The van der Waals surface area contributed by atoms with Crippen LogP contribution in [0.25, 0.3) is 11.0 Å². The minimum Gasteiger partial charge on any atom is -0.399 e. The Morgan fingerprint density at radius 3 is 2.52 bits per heavy atom. The maximum Gasteiger partial charge on any atom is 0.147 e. The van der Waals surface area contributed by atoms with Crippen LogP contribution in [-0.2, 0) is 21.8 Å². The molecule has 0 amide bonds. The van der Waals surface area contributed by atoms with Crippen LogP contribution in [-0.4, -0.2) is 30.0 Å². The average Bonchev–Trinajstić information content (AvgIpc) is 2.65. The van der Waals surface area contributed by atoms with Crippen LogP contribution >= 0.6 is 0 Å². The van der Waals surface area contributed by atoms with E-state index in [-0.39, 0.29) is 11.2 Å². The molecule has 1 aromatic carbocycles. The number of hydrogen-bond donors (Lipinski definition) is 1. The van der Waals surface area contributed by atoms with Gasteiger partial charge in [0.05, 0.1) is 16.8 Å². The van der Waals surface area contributed by atoms with Gasteiger partial charge in [-0.05, 0) is 24.6 Å². The Balaban J connectivity index is 2.43. The second-order valence-corrected chi connectivity index (χ2v) is 8.83. The molecule has 21 heavy (non-hydrogen) atoms. The van der Waals surface area contributed by atoms with Crippen LogP contribution in [0.4, 0.5) is 5.69 Å². The highest BCUT2D eigenvalue weighted by Gasteiger charge is 2.22. The summed E-state index contributed by atoms with van der Waals surface area (Å²) in [5.74, 6) is 1.14. The maximum atomic E-state index is 11.3. The molecule has 0 aliphatic heterocycles. The number of benzene rings is 1. The summed E-state index contributed by atoms with van der Waals surface area (Å²) in [6, 6.07) is 5.66. The molecule has 0 bridgehead atoms. The van der Waals surface area contributed by atoms with Gasteiger partial charge in [-0.25, -0.2) is 13.4 Å². The van der Waals surface area contributed by atoms with Crippen molar-refractivity contribution in [3.05, 3.63) is 24.0 Å². The van der Waals surface area contributed by atoms with Crippen molar-refractivity contribution >= 4 is 26.6 Å². The lowest BCUT2D eigenvalue weighted by Crippen LogP contribution is -2.20. The summed E-state index contributed by atoms with van der Waals surface area (Å²) in [5, 5.41) is 0. The Bertz CT molecular complexity index is 755. The highest BCUT2D eigenvalue weighted by Crippen LogP contribution is 2.27. The number of sulfone groups is 1. The summed E-state index contributed by atoms with van der Waals surface area (Å²) in [7, 11) is -2.94.